The van der Waals surface area contributed by atoms with Gasteiger partial charge in [-0.05, 0) is 88.4 Å². The number of hydrogen-bond donors (Lipinski definition) is 1. The second kappa shape index (κ2) is 15.8. The number of hydrogen-bond acceptors (Lipinski definition) is 2. The first-order valence-electron chi connectivity index (χ1n) is 15.3. The molecule has 226 valence electrons. The molecule has 2 rings (SSSR count). The van der Waals surface area contributed by atoms with E-state index in [0.717, 1.165) is 36.0 Å². The Morgan fingerprint density at radius 3 is 1.64 bits per heavy atom. The molecule has 42 heavy (non-hydrogen) atoms. The van der Waals surface area contributed by atoms with E-state index in [1.807, 2.05) is 6.92 Å². The van der Waals surface area contributed by atoms with E-state index < -0.39 is 0 Å². The Morgan fingerprint density at radius 2 is 1.14 bits per heavy atom. The fourth-order valence-electron chi connectivity index (χ4n) is 5.71. The van der Waals surface area contributed by atoms with Gasteiger partial charge in [0.1, 0.15) is 0 Å². The van der Waals surface area contributed by atoms with Crippen LogP contribution < -0.4 is 0 Å². The molecule has 0 amide bonds. The SMILES string of the molecule is CC1=C(/C=C/C(C)=C\C=C\C(C)=C/C=C/C=C(C)\C=C\C=C(C)/C=C/C2=C(C)C(=O)CCC2(C)C)C(C)(C)C[C@@H](O)C1. The number of allylic oxidation sites excluding steroid dienone is 21. The van der Waals surface area contributed by atoms with Gasteiger partial charge in [-0.2, -0.15) is 0 Å². The molecule has 2 aliphatic rings. The first-order chi connectivity index (χ1) is 19.6. The Labute approximate surface area is 256 Å². The minimum absolute atomic E-state index is 0.00248. The van der Waals surface area contributed by atoms with Gasteiger partial charge >= 0.3 is 0 Å². The predicted molar refractivity (Wildman–Crippen MR) is 183 cm³/mol. The number of aliphatic hydroxyl groups is 1. The van der Waals surface area contributed by atoms with Gasteiger partial charge in [0.15, 0.2) is 5.78 Å². The van der Waals surface area contributed by atoms with Crippen molar-refractivity contribution in [1.29, 1.82) is 0 Å². The van der Waals surface area contributed by atoms with Crippen LogP contribution in [0.4, 0.5) is 0 Å². The largest absolute Gasteiger partial charge is 0.393 e. The first-order valence-corrected chi connectivity index (χ1v) is 15.3. The van der Waals surface area contributed by atoms with Gasteiger partial charge in [0.25, 0.3) is 0 Å². The van der Waals surface area contributed by atoms with Gasteiger partial charge in [0.05, 0.1) is 6.10 Å². The van der Waals surface area contributed by atoms with Crippen LogP contribution in [-0.4, -0.2) is 17.0 Å². The molecule has 0 unspecified atom stereocenters. The van der Waals surface area contributed by atoms with Crippen molar-refractivity contribution in [1.82, 2.24) is 0 Å². The van der Waals surface area contributed by atoms with Crippen LogP contribution in [0.25, 0.3) is 0 Å². The molecule has 0 fully saturated rings. The second-order valence-corrected chi connectivity index (χ2v) is 13.4. The van der Waals surface area contributed by atoms with Crippen molar-refractivity contribution in [3.05, 3.63) is 130 Å². The van der Waals surface area contributed by atoms with Crippen molar-refractivity contribution >= 4 is 5.78 Å². The Bertz CT molecular complexity index is 1330. The van der Waals surface area contributed by atoms with Gasteiger partial charge < -0.3 is 5.11 Å². The Hall–Kier alpha value is -3.23. The molecule has 0 bridgehead atoms. The van der Waals surface area contributed by atoms with Crippen molar-refractivity contribution in [3.63, 3.8) is 0 Å². The number of aliphatic hydroxyl groups excluding tert-OH is 1. The van der Waals surface area contributed by atoms with Crippen LogP contribution >= 0.6 is 0 Å². The van der Waals surface area contributed by atoms with Crippen LogP contribution in [0, 0.1) is 10.8 Å². The highest BCUT2D eigenvalue weighted by molar-refractivity contribution is 5.97. The lowest BCUT2D eigenvalue weighted by Gasteiger charge is -2.35. The summed E-state index contributed by atoms with van der Waals surface area (Å²) in [6.45, 7) is 21.4. The predicted octanol–water partition coefficient (Wildman–Crippen LogP) is 10.8. The van der Waals surface area contributed by atoms with Crippen LogP contribution in [0.15, 0.2) is 130 Å². The summed E-state index contributed by atoms with van der Waals surface area (Å²) >= 11 is 0. The van der Waals surface area contributed by atoms with Gasteiger partial charge in [-0.15, -0.1) is 0 Å². The monoisotopic (exact) mass is 566 g/mol. The van der Waals surface area contributed by atoms with Crippen molar-refractivity contribution in [2.24, 2.45) is 10.8 Å². The van der Waals surface area contributed by atoms with Crippen molar-refractivity contribution < 1.29 is 9.90 Å². The molecule has 0 aromatic heterocycles. The zero-order valence-corrected chi connectivity index (χ0v) is 27.8. The Kier molecular flexibility index (Phi) is 13.2. The lowest BCUT2D eigenvalue weighted by Crippen LogP contribution is -2.28. The summed E-state index contributed by atoms with van der Waals surface area (Å²) < 4.78 is 0. The van der Waals surface area contributed by atoms with E-state index in [4.69, 9.17) is 0 Å². The van der Waals surface area contributed by atoms with E-state index in [0.29, 0.717) is 6.42 Å². The number of rotatable bonds is 10. The highest BCUT2D eigenvalue weighted by Crippen LogP contribution is 2.41. The summed E-state index contributed by atoms with van der Waals surface area (Å²) in [7, 11) is 0. The van der Waals surface area contributed by atoms with Crippen molar-refractivity contribution in [3.8, 4) is 0 Å². The lowest BCUT2D eigenvalue weighted by atomic mass is 9.71. The molecule has 2 aliphatic carbocycles. The fraction of sp³-hybridized carbons (Fsp3) is 0.425. The third-order valence-electron chi connectivity index (χ3n) is 8.30. The first kappa shape index (κ1) is 35.0. The maximum atomic E-state index is 12.2. The molecule has 0 aromatic rings. The second-order valence-electron chi connectivity index (χ2n) is 13.4. The summed E-state index contributed by atoms with van der Waals surface area (Å²) in [6.07, 6.45) is 32.5. The van der Waals surface area contributed by atoms with Crippen LogP contribution in [0.1, 0.15) is 94.9 Å². The normalized spacial score (nSPS) is 23.3. The number of Topliss-reactive ketones (excluding diaryl/α,β-unsaturated/α-hetero) is 1. The summed E-state index contributed by atoms with van der Waals surface area (Å²) in [4.78, 5) is 12.2. The summed E-state index contributed by atoms with van der Waals surface area (Å²) in [5, 5.41) is 10.1. The standard InChI is InChI=1S/C40H54O2/c1-29(17-13-19-31(3)21-23-36-33(5)27-35(41)28-40(36,9)10)15-11-12-16-30(2)18-14-20-32(4)22-24-37-34(6)38(42)25-26-39(37,7)8/h11-24,35,41H,25-28H2,1-10H3/b12-11+,17-13+,18-14+,23-21+,24-22+,29-15-,30-16-,31-19-,32-20-/t35-/m0/s1. The summed E-state index contributed by atoms with van der Waals surface area (Å²) in [6, 6.07) is 0. The number of carbonyl (C=O) groups excluding carboxylic acids is 1. The molecule has 0 saturated carbocycles. The Morgan fingerprint density at radius 1 is 0.690 bits per heavy atom. The molecule has 0 aliphatic heterocycles. The van der Waals surface area contributed by atoms with Crippen LogP contribution in [0.3, 0.4) is 0 Å². The van der Waals surface area contributed by atoms with E-state index in [9.17, 15) is 9.90 Å². The molecule has 0 spiro atoms. The zero-order valence-electron chi connectivity index (χ0n) is 27.8. The molecule has 1 atom stereocenters. The molecular weight excluding hydrogens is 512 g/mol. The molecule has 0 aromatic carbocycles. The van der Waals surface area contributed by atoms with Crippen molar-refractivity contribution in [2.45, 2.75) is 101 Å². The topological polar surface area (TPSA) is 37.3 Å². The van der Waals surface area contributed by atoms with Gasteiger partial charge in [-0.25, -0.2) is 0 Å². The van der Waals surface area contributed by atoms with Gasteiger partial charge in [-0.1, -0.05) is 141 Å². The number of ketones is 1. The fourth-order valence-corrected chi connectivity index (χ4v) is 5.71. The summed E-state index contributed by atoms with van der Waals surface area (Å²) in [5.74, 6) is 0.274. The average molecular weight is 567 g/mol. The van der Waals surface area contributed by atoms with E-state index in [1.54, 1.807) is 0 Å². The van der Waals surface area contributed by atoms with E-state index in [1.165, 1.54) is 27.9 Å². The number of carbonyl (C=O) groups is 1. The van der Waals surface area contributed by atoms with Gasteiger partial charge in [0.2, 0.25) is 0 Å². The highest BCUT2D eigenvalue weighted by atomic mass is 16.3. The van der Waals surface area contributed by atoms with Crippen LogP contribution in [0.5, 0.6) is 0 Å². The smallest absolute Gasteiger partial charge is 0.158 e. The van der Waals surface area contributed by atoms with Crippen LogP contribution in [-0.2, 0) is 4.79 Å². The molecule has 1 N–H and O–H groups in total. The third kappa shape index (κ3) is 11.2. The molecule has 2 nitrogen and oxygen atoms in total. The van der Waals surface area contributed by atoms with Crippen molar-refractivity contribution in [2.75, 3.05) is 0 Å². The van der Waals surface area contributed by atoms with Crippen LogP contribution in [0.2, 0.25) is 0 Å². The zero-order chi connectivity index (χ0) is 31.5. The third-order valence-corrected chi connectivity index (χ3v) is 8.30. The highest BCUT2D eigenvalue weighted by Gasteiger charge is 2.32. The molecule has 0 heterocycles. The van der Waals surface area contributed by atoms with E-state index in [2.05, 4.69) is 147 Å². The minimum Gasteiger partial charge on any atom is -0.393 e. The quantitative estimate of drug-likeness (QED) is 0.267. The Balaban J connectivity index is 1.92. The van der Waals surface area contributed by atoms with Gasteiger partial charge in [0, 0.05) is 6.42 Å². The average Bonchev–Trinajstić information content (AvgIpc) is 2.87. The van der Waals surface area contributed by atoms with Gasteiger partial charge in [-0.3, -0.25) is 4.79 Å². The van der Waals surface area contributed by atoms with E-state index >= 15 is 0 Å². The maximum Gasteiger partial charge on any atom is 0.158 e. The van der Waals surface area contributed by atoms with E-state index in [-0.39, 0.29) is 22.7 Å². The molecule has 0 saturated heterocycles. The maximum absolute atomic E-state index is 12.2. The molecule has 2 heteroatoms. The lowest BCUT2D eigenvalue weighted by molar-refractivity contribution is -0.116. The summed E-state index contributed by atoms with van der Waals surface area (Å²) in [5.41, 5.74) is 9.44. The minimum atomic E-state index is -0.229. The molecule has 0 radical (unpaired) electrons. The molecular formula is C40H54O2.